The predicted molar refractivity (Wildman–Crippen MR) is 111 cm³/mol. The maximum absolute atomic E-state index is 14.0. The lowest BCUT2D eigenvalue weighted by molar-refractivity contribution is -0.176. The highest BCUT2D eigenvalue weighted by Crippen LogP contribution is 2.46. The van der Waals surface area contributed by atoms with Crippen molar-refractivity contribution in [2.75, 3.05) is 6.54 Å². The van der Waals surface area contributed by atoms with E-state index >= 15 is 0 Å². The molecule has 2 amide bonds. The molecule has 3 atom stereocenters. The molecule has 0 radical (unpaired) electrons. The number of carboxylic acid groups (broad SMARTS) is 1. The van der Waals surface area contributed by atoms with E-state index in [0.29, 0.717) is 5.52 Å². The number of carbonyl (C=O) groups excluding carboxylic acids is 2. The number of rotatable bonds is 4. The number of carbonyl (C=O) groups is 3. The minimum Gasteiger partial charge on any atom is -0.465 e. The molecule has 1 aromatic heterocycles. The molecular formula is C21H24F3N5O4. The van der Waals surface area contributed by atoms with E-state index in [4.69, 9.17) is 0 Å². The Morgan fingerprint density at radius 2 is 1.91 bits per heavy atom. The quantitative estimate of drug-likeness (QED) is 0.668. The fourth-order valence-corrected chi connectivity index (χ4v) is 4.72. The first-order chi connectivity index (χ1) is 15.2. The van der Waals surface area contributed by atoms with Gasteiger partial charge in [-0.25, -0.2) is 4.79 Å². The summed E-state index contributed by atoms with van der Waals surface area (Å²) in [5.41, 5.74) is -2.83. The Labute approximate surface area is 187 Å². The van der Waals surface area contributed by atoms with Crippen LogP contribution in [-0.2, 0) is 4.79 Å². The van der Waals surface area contributed by atoms with E-state index in [1.807, 2.05) is 5.32 Å². The van der Waals surface area contributed by atoms with Crippen molar-refractivity contribution in [3.63, 3.8) is 0 Å². The van der Waals surface area contributed by atoms with Crippen LogP contribution in [-0.4, -0.2) is 67.2 Å². The predicted octanol–water partition coefficient (Wildman–Crippen LogP) is 3.09. The summed E-state index contributed by atoms with van der Waals surface area (Å²) in [6.07, 6.45) is -5.40. The molecule has 9 nitrogen and oxygen atoms in total. The van der Waals surface area contributed by atoms with Gasteiger partial charge in [0.05, 0.1) is 11.6 Å². The van der Waals surface area contributed by atoms with Gasteiger partial charge in [0, 0.05) is 12.5 Å². The second-order valence-electron chi connectivity index (χ2n) is 9.04. The van der Waals surface area contributed by atoms with Gasteiger partial charge in [-0.3, -0.25) is 9.59 Å². The summed E-state index contributed by atoms with van der Waals surface area (Å²) in [5.74, 6) is -4.41. The van der Waals surface area contributed by atoms with Gasteiger partial charge in [0.25, 0.3) is 5.91 Å². The van der Waals surface area contributed by atoms with E-state index in [2.05, 4.69) is 16.9 Å². The highest BCUT2D eigenvalue weighted by molar-refractivity contribution is 6.00. The average molecular weight is 467 g/mol. The van der Waals surface area contributed by atoms with Crippen LogP contribution < -0.4 is 5.32 Å². The minimum atomic E-state index is -5.31. The van der Waals surface area contributed by atoms with Gasteiger partial charge in [0.15, 0.2) is 0 Å². The Hall–Kier alpha value is -3.44. The van der Waals surface area contributed by atoms with Crippen LogP contribution in [0.2, 0.25) is 0 Å². The molecule has 0 aliphatic carbocycles. The zero-order valence-corrected chi connectivity index (χ0v) is 18.3. The highest BCUT2D eigenvalue weighted by atomic mass is 19.4. The van der Waals surface area contributed by atoms with Crippen molar-refractivity contribution in [2.24, 2.45) is 11.3 Å². The molecule has 1 aromatic carbocycles. The molecule has 2 N–H and O–H groups in total. The van der Waals surface area contributed by atoms with E-state index in [-0.39, 0.29) is 18.5 Å². The number of hydrogen-bond acceptors (Lipinski definition) is 5. The first kappa shape index (κ1) is 24.2. The second-order valence-corrected chi connectivity index (χ2v) is 9.04. The summed E-state index contributed by atoms with van der Waals surface area (Å²) >= 11 is 0. The van der Waals surface area contributed by atoms with Crippen LogP contribution in [0.25, 0.3) is 11.0 Å². The Balaban J connectivity index is 2.33. The van der Waals surface area contributed by atoms with Gasteiger partial charge >= 0.3 is 18.2 Å². The van der Waals surface area contributed by atoms with E-state index in [1.54, 1.807) is 39.0 Å². The lowest BCUT2D eigenvalue weighted by Gasteiger charge is -2.45. The van der Waals surface area contributed by atoms with Crippen LogP contribution in [0.5, 0.6) is 0 Å². The van der Waals surface area contributed by atoms with Gasteiger partial charge in [-0.15, -0.1) is 11.7 Å². The molecule has 1 aliphatic rings. The first-order valence-corrected chi connectivity index (χ1v) is 10.1. The number of nitrogens with zero attached hydrogens (tertiary/aromatic N) is 4. The third kappa shape index (κ3) is 4.05. The molecule has 3 unspecified atom stereocenters. The smallest absolute Gasteiger partial charge is 0.465 e. The SMILES string of the molecule is C=CCC1CN(C(=O)O)C(C(C)(C)C)C1(NC(=O)C(F)(F)F)C(=O)n1nnc2ccccc21. The van der Waals surface area contributed by atoms with Crippen LogP contribution in [0.4, 0.5) is 18.0 Å². The largest absolute Gasteiger partial charge is 0.471 e. The number of amides is 2. The number of halogens is 3. The van der Waals surface area contributed by atoms with Crippen LogP contribution in [0.15, 0.2) is 36.9 Å². The van der Waals surface area contributed by atoms with Crippen molar-refractivity contribution in [2.45, 2.75) is 44.9 Å². The van der Waals surface area contributed by atoms with Crippen molar-refractivity contribution in [1.82, 2.24) is 25.2 Å². The van der Waals surface area contributed by atoms with Gasteiger partial charge in [-0.2, -0.15) is 17.9 Å². The monoisotopic (exact) mass is 467 g/mol. The second kappa shape index (κ2) is 8.16. The third-order valence-corrected chi connectivity index (χ3v) is 5.80. The Morgan fingerprint density at radius 1 is 1.27 bits per heavy atom. The maximum atomic E-state index is 14.0. The first-order valence-electron chi connectivity index (χ1n) is 10.1. The molecule has 2 heterocycles. The van der Waals surface area contributed by atoms with E-state index in [1.165, 1.54) is 12.1 Å². The zero-order valence-electron chi connectivity index (χ0n) is 18.3. The summed E-state index contributed by atoms with van der Waals surface area (Å²) in [7, 11) is 0. The number of likely N-dealkylation sites (tertiary alicyclic amines) is 1. The number of hydrogen-bond donors (Lipinski definition) is 2. The molecule has 1 saturated heterocycles. The van der Waals surface area contributed by atoms with Crippen molar-refractivity contribution in [3.8, 4) is 0 Å². The van der Waals surface area contributed by atoms with Crippen molar-refractivity contribution in [1.29, 1.82) is 0 Å². The molecule has 0 spiro atoms. The maximum Gasteiger partial charge on any atom is 0.471 e. The van der Waals surface area contributed by atoms with Crippen LogP contribution in [0.3, 0.4) is 0 Å². The van der Waals surface area contributed by atoms with Gasteiger partial charge < -0.3 is 15.3 Å². The molecule has 1 aliphatic heterocycles. The molecule has 178 valence electrons. The van der Waals surface area contributed by atoms with Crippen LogP contribution in [0.1, 0.15) is 32.0 Å². The lowest BCUT2D eigenvalue weighted by Crippen LogP contribution is -2.70. The number of nitrogens with one attached hydrogen (secondary N) is 1. The van der Waals surface area contributed by atoms with E-state index < -0.39 is 47.0 Å². The molecule has 2 aromatic rings. The minimum absolute atomic E-state index is 0.0349. The van der Waals surface area contributed by atoms with Gasteiger partial charge in [-0.1, -0.05) is 44.2 Å². The van der Waals surface area contributed by atoms with Gasteiger partial charge in [-0.05, 0) is 24.0 Å². The van der Waals surface area contributed by atoms with E-state index in [9.17, 15) is 32.7 Å². The Morgan fingerprint density at radius 3 is 2.45 bits per heavy atom. The zero-order chi connectivity index (χ0) is 24.8. The number of allylic oxidation sites excluding steroid dienone is 1. The van der Waals surface area contributed by atoms with Crippen LogP contribution in [0, 0.1) is 11.3 Å². The molecule has 12 heteroatoms. The topological polar surface area (TPSA) is 117 Å². The highest BCUT2D eigenvalue weighted by Gasteiger charge is 2.66. The van der Waals surface area contributed by atoms with Crippen molar-refractivity contribution in [3.05, 3.63) is 36.9 Å². The standard InChI is InChI=1S/C21H24F3N5O4/c1-5-8-12-11-28(18(32)33)15(19(2,3)4)20(12,25-16(30)21(22,23)24)17(31)29-14-10-7-6-9-13(14)26-27-29/h5-7,9-10,12,15H,1,8,11H2,2-4H3,(H,25,30)(H,32,33). The van der Waals surface area contributed by atoms with Crippen molar-refractivity contribution < 1.29 is 32.7 Å². The fraction of sp³-hybridized carbons (Fsp3) is 0.476. The average Bonchev–Trinajstić information content (AvgIpc) is 3.27. The molecule has 33 heavy (non-hydrogen) atoms. The van der Waals surface area contributed by atoms with Crippen LogP contribution >= 0.6 is 0 Å². The summed E-state index contributed by atoms with van der Waals surface area (Å²) < 4.78 is 41.1. The molecule has 0 saturated carbocycles. The Bertz CT molecular complexity index is 1110. The summed E-state index contributed by atoms with van der Waals surface area (Å²) in [6.45, 7) is 8.07. The summed E-state index contributed by atoms with van der Waals surface area (Å²) in [5, 5.41) is 19.5. The molecule has 1 fully saturated rings. The van der Waals surface area contributed by atoms with E-state index in [0.717, 1.165) is 9.58 Å². The van der Waals surface area contributed by atoms with Crippen molar-refractivity contribution >= 4 is 28.9 Å². The molecular weight excluding hydrogens is 443 g/mol. The van der Waals surface area contributed by atoms with Gasteiger partial charge in [0.1, 0.15) is 11.1 Å². The number of fused-ring (bicyclic) bond motifs is 1. The summed E-state index contributed by atoms with van der Waals surface area (Å²) in [6, 6.07) is 4.96. The van der Waals surface area contributed by atoms with Gasteiger partial charge in [0.2, 0.25) is 0 Å². The summed E-state index contributed by atoms with van der Waals surface area (Å²) in [4.78, 5) is 39.3. The normalized spacial score (nSPS) is 23.5. The lowest BCUT2D eigenvalue weighted by atomic mass is 9.69. The number of benzene rings is 1. The number of alkyl halides is 3. The fourth-order valence-electron chi connectivity index (χ4n) is 4.72. The number of aromatic nitrogens is 3. The Kier molecular flexibility index (Phi) is 5.99. The molecule has 3 rings (SSSR count). The third-order valence-electron chi connectivity index (χ3n) is 5.80. The molecule has 0 bridgehead atoms. The number of para-hydroxylation sites is 1.